The molecule has 0 radical (unpaired) electrons. The number of hydrogen-bond donors (Lipinski definition) is 0. The summed E-state index contributed by atoms with van der Waals surface area (Å²) in [6.45, 7) is 1.95. The number of carbonyl (C=O) groups excluding carboxylic acids is 2. The molecular formula is C14H17ClINO4. The molecular weight excluding hydrogens is 409 g/mol. The summed E-state index contributed by atoms with van der Waals surface area (Å²) in [5, 5.41) is 0.481. The SMILES string of the molecule is COC(=O)C(C)CN(C)C(=O)c1cc(Cl)c(I)cc1OC. The van der Waals surface area contributed by atoms with Crippen molar-refractivity contribution in [1.29, 1.82) is 0 Å². The second kappa shape index (κ2) is 7.84. The molecule has 1 atom stereocenters. The molecule has 0 aliphatic heterocycles. The summed E-state index contributed by atoms with van der Waals surface area (Å²) in [5.74, 6) is -0.580. The van der Waals surface area contributed by atoms with Crippen LogP contribution in [0.3, 0.4) is 0 Å². The summed E-state index contributed by atoms with van der Waals surface area (Å²) in [4.78, 5) is 25.3. The minimum absolute atomic E-state index is 0.248. The number of ether oxygens (including phenoxy) is 2. The molecule has 0 aliphatic rings. The molecule has 1 amide bonds. The quantitative estimate of drug-likeness (QED) is 0.538. The Morgan fingerprint density at radius 3 is 2.52 bits per heavy atom. The fourth-order valence-corrected chi connectivity index (χ4v) is 2.44. The molecule has 0 saturated heterocycles. The summed E-state index contributed by atoms with van der Waals surface area (Å²) in [6.07, 6.45) is 0. The maximum Gasteiger partial charge on any atom is 0.310 e. The number of benzene rings is 1. The van der Waals surface area contributed by atoms with Crippen molar-refractivity contribution in [3.8, 4) is 5.75 Å². The highest BCUT2D eigenvalue weighted by atomic mass is 127. The lowest BCUT2D eigenvalue weighted by atomic mass is 10.1. The van der Waals surface area contributed by atoms with E-state index in [4.69, 9.17) is 16.3 Å². The average molecular weight is 426 g/mol. The van der Waals surface area contributed by atoms with Crippen LogP contribution in [-0.4, -0.2) is 44.6 Å². The number of hydrogen-bond acceptors (Lipinski definition) is 4. The lowest BCUT2D eigenvalue weighted by Gasteiger charge is -2.21. The number of amides is 1. The first-order chi connectivity index (χ1) is 9.81. The van der Waals surface area contributed by atoms with E-state index in [0.29, 0.717) is 16.3 Å². The van der Waals surface area contributed by atoms with Gasteiger partial charge in [0.2, 0.25) is 0 Å². The van der Waals surface area contributed by atoms with Crippen molar-refractivity contribution in [2.24, 2.45) is 5.92 Å². The zero-order valence-electron chi connectivity index (χ0n) is 12.3. The summed E-state index contributed by atoms with van der Waals surface area (Å²) >= 11 is 8.13. The molecule has 1 unspecified atom stereocenters. The van der Waals surface area contributed by atoms with Crippen molar-refractivity contribution in [2.75, 3.05) is 27.8 Å². The van der Waals surface area contributed by atoms with E-state index in [-0.39, 0.29) is 18.4 Å². The molecule has 1 aromatic rings. The van der Waals surface area contributed by atoms with Gasteiger partial charge >= 0.3 is 5.97 Å². The number of methoxy groups -OCH3 is 2. The fraction of sp³-hybridized carbons (Fsp3) is 0.429. The van der Waals surface area contributed by atoms with E-state index in [0.717, 1.165) is 3.57 Å². The van der Waals surface area contributed by atoms with Gasteiger partial charge in [0.1, 0.15) is 5.75 Å². The molecule has 5 nitrogen and oxygen atoms in total. The molecule has 0 bridgehead atoms. The first-order valence-corrected chi connectivity index (χ1v) is 7.63. The Bertz CT molecular complexity index is 550. The lowest BCUT2D eigenvalue weighted by Crippen LogP contribution is -2.34. The van der Waals surface area contributed by atoms with E-state index < -0.39 is 5.92 Å². The first-order valence-electron chi connectivity index (χ1n) is 6.18. The van der Waals surface area contributed by atoms with E-state index in [1.54, 1.807) is 26.1 Å². The minimum Gasteiger partial charge on any atom is -0.496 e. The highest BCUT2D eigenvalue weighted by Crippen LogP contribution is 2.29. The Hall–Kier alpha value is -1.02. The van der Waals surface area contributed by atoms with Crippen LogP contribution in [0, 0.1) is 9.49 Å². The molecule has 0 aromatic heterocycles. The largest absolute Gasteiger partial charge is 0.496 e. The number of rotatable bonds is 5. The normalized spacial score (nSPS) is 11.7. The Morgan fingerprint density at radius 2 is 2.00 bits per heavy atom. The third-order valence-electron chi connectivity index (χ3n) is 2.97. The number of carbonyl (C=O) groups is 2. The van der Waals surface area contributed by atoms with Crippen LogP contribution in [-0.2, 0) is 9.53 Å². The highest BCUT2D eigenvalue weighted by molar-refractivity contribution is 14.1. The molecule has 0 aliphatic carbocycles. The van der Waals surface area contributed by atoms with E-state index >= 15 is 0 Å². The van der Waals surface area contributed by atoms with Crippen LogP contribution >= 0.6 is 34.2 Å². The van der Waals surface area contributed by atoms with Crippen LogP contribution in [0.2, 0.25) is 5.02 Å². The average Bonchev–Trinajstić information content (AvgIpc) is 2.47. The molecule has 116 valence electrons. The van der Waals surface area contributed by atoms with Gasteiger partial charge in [0.25, 0.3) is 5.91 Å². The van der Waals surface area contributed by atoms with E-state index in [9.17, 15) is 9.59 Å². The Morgan fingerprint density at radius 1 is 1.38 bits per heavy atom. The van der Waals surface area contributed by atoms with E-state index in [1.165, 1.54) is 19.1 Å². The number of halogens is 2. The van der Waals surface area contributed by atoms with Gasteiger partial charge in [-0.1, -0.05) is 18.5 Å². The zero-order chi connectivity index (χ0) is 16.2. The molecule has 1 aromatic carbocycles. The smallest absolute Gasteiger partial charge is 0.310 e. The van der Waals surface area contributed by atoms with Gasteiger partial charge in [0.05, 0.1) is 30.7 Å². The van der Waals surface area contributed by atoms with Crippen LogP contribution in [0.15, 0.2) is 12.1 Å². The van der Waals surface area contributed by atoms with Crippen LogP contribution in [0.1, 0.15) is 17.3 Å². The van der Waals surface area contributed by atoms with E-state index in [1.807, 2.05) is 0 Å². The topological polar surface area (TPSA) is 55.8 Å². The maximum absolute atomic E-state index is 12.5. The molecule has 7 heteroatoms. The highest BCUT2D eigenvalue weighted by Gasteiger charge is 2.22. The molecule has 0 saturated carbocycles. The standard InChI is InChI=1S/C14H17ClINO4/c1-8(14(19)21-4)7-17(2)13(18)9-5-10(15)11(16)6-12(9)20-3/h5-6,8H,7H2,1-4H3. The molecule has 1 rings (SSSR count). The third kappa shape index (κ3) is 4.47. The second-order valence-corrected chi connectivity index (χ2v) is 6.15. The van der Waals surface area contributed by atoms with Crippen molar-refractivity contribution in [3.63, 3.8) is 0 Å². The third-order valence-corrected chi connectivity index (χ3v) is 4.49. The lowest BCUT2D eigenvalue weighted by molar-refractivity contribution is -0.145. The summed E-state index contributed by atoms with van der Waals surface area (Å²) in [5.41, 5.74) is 0.363. The van der Waals surface area contributed by atoms with Crippen molar-refractivity contribution in [3.05, 3.63) is 26.3 Å². The van der Waals surface area contributed by atoms with Gasteiger partial charge in [0.15, 0.2) is 0 Å². The van der Waals surface area contributed by atoms with Gasteiger partial charge in [-0.3, -0.25) is 9.59 Å². The van der Waals surface area contributed by atoms with Crippen LogP contribution in [0.25, 0.3) is 0 Å². The van der Waals surface area contributed by atoms with Gasteiger partial charge in [0, 0.05) is 17.2 Å². The molecule has 0 spiro atoms. The Kier molecular flexibility index (Phi) is 6.73. The van der Waals surface area contributed by atoms with E-state index in [2.05, 4.69) is 27.3 Å². The summed E-state index contributed by atoms with van der Waals surface area (Å²) in [7, 11) is 4.43. The van der Waals surface area contributed by atoms with Crippen LogP contribution in [0.4, 0.5) is 0 Å². The Labute approximate surface area is 142 Å². The van der Waals surface area contributed by atoms with Crippen molar-refractivity contribution in [2.45, 2.75) is 6.92 Å². The van der Waals surface area contributed by atoms with Crippen molar-refractivity contribution < 1.29 is 19.1 Å². The monoisotopic (exact) mass is 425 g/mol. The van der Waals surface area contributed by atoms with Gasteiger partial charge < -0.3 is 14.4 Å². The van der Waals surface area contributed by atoms with Crippen LogP contribution in [0.5, 0.6) is 5.75 Å². The maximum atomic E-state index is 12.5. The molecule has 21 heavy (non-hydrogen) atoms. The predicted molar refractivity (Wildman–Crippen MR) is 88.9 cm³/mol. The number of esters is 1. The van der Waals surface area contributed by atoms with Gasteiger partial charge in [-0.25, -0.2) is 0 Å². The summed E-state index contributed by atoms with van der Waals surface area (Å²) < 4.78 is 10.7. The second-order valence-electron chi connectivity index (χ2n) is 4.58. The molecule has 0 heterocycles. The number of nitrogens with zero attached hydrogens (tertiary/aromatic N) is 1. The minimum atomic E-state index is -0.408. The molecule has 0 N–H and O–H groups in total. The van der Waals surface area contributed by atoms with Crippen molar-refractivity contribution >= 4 is 46.1 Å². The summed E-state index contributed by atoms with van der Waals surface area (Å²) in [6, 6.07) is 3.28. The van der Waals surface area contributed by atoms with Crippen molar-refractivity contribution in [1.82, 2.24) is 4.90 Å². The van der Waals surface area contributed by atoms with Gasteiger partial charge in [-0.05, 0) is 34.7 Å². The van der Waals surface area contributed by atoms with Gasteiger partial charge in [-0.15, -0.1) is 0 Å². The molecule has 0 fully saturated rings. The first kappa shape index (κ1) is 18.0. The predicted octanol–water partition coefficient (Wildman–Crippen LogP) is 2.83. The zero-order valence-corrected chi connectivity index (χ0v) is 15.2. The Balaban J connectivity index is 2.97. The fourth-order valence-electron chi connectivity index (χ4n) is 1.84. The van der Waals surface area contributed by atoms with Gasteiger partial charge in [-0.2, -0.15) is 0 Å². The van der Waals surface area contributed by atoms with Crippen LogP contribution < -0.4 is 4.74 Å².